The van der Waals surface area contributed by atoms with Crippen molar-refractivity contribution in [2.24, 2.45) is 10.7 Å². The molecule has 0 fully saturated rings. The van der Waals surface area contributed by atoms with Crippen LogP contribution in [-0.4, -0.2) is 36.2 Å². The van der Waals surface area contributed by atoms with Gasteiger partial charge in [0.1, 0.15) is 5.60 Å². The topological polar surface area (TPSA) is 103 Å². The molecule has 0 bridgehead atoms. The summed E-state index contributed by atoms with van der Waals surface area (Å²) < 4.78 is 9.93. The zero-order valence-corrected chi connectivity index (χ0v) is 15.3. The van der Waals surface area contributed by atoms with Crippen LogP contribution >= 0.6 is 11.8 Å². The highest BCUT2D eigenvalue weighted by Crippen LogP contribution is 2.21. The Hall–Kier alpha value is -2.22. The van der Waals surface area contributed by atoms with E-state index in [9.17, 15) is 9.59 Å². The van der Waals surface area contributed by atoms with E-state index < -0.39 is 23.7 Å². The molecule has 24 heavy (non-hydrogen) atoms. The number of nitrogens with zero attached hydrogens (tertiary/aromatic N) is 1. The summed E-state index contributed by atoms with van der Waals surface area (Å²) in [4.78, 5) is 28.1. The number of alkyl carbamates (subject to hydrolysis) is 1. The summed E-state index contributed by atoms with van der Waals surface area (Å²) in [7, 11) is 1.25. The summed E-state index contributed by atoms with van der Waals surface area (Å²) in [6.07, 6.45) is 1.12. The number of methoxy groups -OCH3 is 1. The largest absolute Gasteiger partial charge is 0.467 e. The van der Waals surface area contributed by atoms with Gasteiger partial charge in [-0.25, -0.2) is 14.6 Å². The van der Waals surface area contributed by atoms with Crippen LogP contribution in [-0.2, 0) is 14.3 Å². The maximum absolute atomic E-state index is 12.0. The van der Waals surface area contributed by atoms with Gasteiger partial charge in [0.25, 0.3) is 0 Å². The molecule has 1 aromatic rings. The minimum atomic E-state index is -0.972. The van der Waals surface area contributed by atoms with Gasteiger partial charge in [0.05, 0.1) is 12.8 Å². The van der Waals surface area contributed by atoms with E-state index in [0.29, 0.717) is 16.4 Å². The molecule has 1 rings (SSSR count). The number of amidine groups is 1. The zero-order chi connectivity index (χ0) is 18.3. The quantitative estimate of drug-likeness (QED) is 0.490. The van der Waals surface area contributed by atoms with E-state index in [-0.39, 0.29) is 0 Å². The monoisotopic (exact) mass is 353 g/mol. The fraction of sp³-hybridized carbons (Fsp3) is 0.438. The third-order valence-electron chi connectivity index (χ3n) is 2.77. The SMILES string of the molecule is COC(=O)C(NC(=O)OC(C)(C)C)c1ccc(N=C(N)SC)cc1. The Morgan fingerprint density at radius 2 is 1.83 bits per heavy atom. The molecule has 0 saturated heterocycles. The molecule has 0 aromatic heterocycles. The van der Waals surface area contributed by atoms with Gasteiger partial charge < -0.3 is 20.5 Å². The Kier molecular flexibility index (Phi) is 7.09. The van der Waals surface area contributed by atoms with Crippen LogP contribution in [0.5, 0.6) is 0 Å². The molecule has 7 nitrogen and oxygen atoms in total. The van der Waals surface area contributed by atoms with Gasteiger partial charge in [-0.1, -0.05) is 23.9 Å². The lowest BCUT2D eigenvalue weighted by Crippen LogP contribution is -2.38. The number of benzene rings is 1. The van der Waals surface area contributed by atoms with Gasteiger partial charge in [-0.3, -0.25) is 0 Å². The predicted molar refractivity (Wildman–Crippen MR) is 95.4 cm³/mol. The zero-order valence-electron chi connectivity index (χ0n) is 14.5. The fourth-order valence-corrected chi connectivity index (χ4v) is 1.93. The van der Waals surface area contributed by atoms with Crippen molar-refractivity contribution in [3.8, 4) is 0 Å². The lowest BCUT2D eigenvalue weighted by molar-refractivity contribution is -0.143. The summed E-state index contributed by atoms with van der Waals surface area (Å²) >= 11 is 1.33. The molecule has 8 heteroatoms. The molecule has 0 aliphatic carbocycles. The average molecular weight is 353 g/mol. The lowest BCUT2D eigenvalue weighted by Gasteiger charge is -2.22. The Morgan fingerprint density at radius 3 is 2.29 bits per heavy atom. The number of nitrogens with two attached hydrogens (primary N) is 1. The Balaban J connectivity index is 2.97. The van der Waals surface area contributed by atoms with E-state index in [1.807, 2.05) is 6.26 Å². The van der Waals surface area contributed by atoms with Gasteiger partial charge in [-0.05, 0) is 44.7 Å². The Bertz CT molecular complexity index is 609. The summed E-state index contributed by atoms with van der Waals surface area (Å²) in [5.41, 5.74) is 6.19. The number of nitrogens with one attached hydrogen (secondary N) is 1. The normalized spacial score (nSPS) is 13.1. The average Bonchev–Trinajstić information content (AvgIpc) is 2.51. The van der Waals surface area contributed by atoms with Crippen LogP contribution in [0.25, 0.3) is 0 Å². The molecule has 1 amide bonds. The van der Waals surface area contributed by atoms with Crippen molar-refractivity contribution >= 4 is 34.7 Å². The summed E-state index contributed by atoms with van der Waals surface area (Å²) in [6.45, 7) is 5.22. The van der Waals surface area contributed by atoms with E-state index >= 15 is 0 Å². The number of carbonyl (C=O) groups excluding carboxylic acids is 2. The Labute approximate surface area is 146 Å². The second kappa shape index (κ2) is 8.58. The number of hydrogen-bond donors (Lipinski definition) is 2. The maximum Gasteiger partial charge on any atom is 0.408 e. The van der Waals surface area contributed by atoms with Crippen LogP contribution in [0.3, 0.4) is 0 Å². The number of thioether (sulfide) groups is 1. The van der Waals surface area contributed by atoms with Crippen molar-refractivity contribution in [1.82, 2.24) is 5.32 Å². The number of ether oxygens (including phenoxy) is 2. The fourth-order valence-electron chi connectivity index (χ4n) is 1.74. The first-order valence-electron chi connectivity index (χ1n) is 7.21. The van der Waals surface area contributed by atoms with Crippen LogP contribution < -0.4 is 11.1 Å². The second-order valence-corrected chi connectivity index (χ2v) is 6.67. The van der Waals surface area contributed by atoms with Crippen LogP contribution in [0, 0.1) is 0 Å². The van der Waals surface area contributed by atoms with Crippen LogP contribution in [0.2, 0.25) is 0 Å². The molecule has 0 spiro atoms. The van der Waals surface area contributed by atoms with E-state index in [4.69, 9.17) is 15.2 Å². The van der Waals surface area contributed by atoms with Crippen LogP contribution in [0.1, 0.15) is 32.4 Å². The van der Waals surface area contributed by atoms with Crippen LogP contribution in [0.15, 0.2) is 29.3 Å². The highest BCUT2D eigenvalue weighted by Gasteiger charge is 2.26. The van der Waals surface area contributed by atoms with Crippen molar-refractivity contribution in [1.29, 1.82) is 0 Å². The molecule has 132 valence electrons. The van der Waals surface area contributed by atoms with Gasteiger partial charge in [0.15, 0.2) is 11.2 Å². The standard InChI is InChI=1S/C16H23N3O4S/c1-16(2,3)23-15(21)19-12(13(20)22-4)10-6-8-11(9-7-10)18-14(17)24-5/h6-9,12H,1-5H3,(H2,17,18)(H,19,21). The van der Waals surface area contributed by atoms with E-state index in [0.717, 1.165) is 0 Å². The van der Waals surface area contributed by atoms with Crippen molar-refractivity contribution in [3.63, 3.8) is 0 Å². The van der Waals surface area contributed by atoms with Crippen LogP contribution in [0.4, 0.5) is 10.5 Å². The lowest BCUT2D eigenvalue weighted by atomic mass is 10.1. The highest BCUT2D eigenvalue weighted by atomic mass is 32.2. The van der Waals surface area contributed by atoms with Gasteiger partial charge in [0, 0.05) is 0 Å². The van der Waals surface area contributed by atoms with E-state index in [2.05, 4.69) is 10.3 Å². The number of rotatable bonds is 4. The highest BCUT2D eigenvalue weighted by molar-refractivity contribution is 8.13. The number of aliphatic imine (C=N–C) groups is 1. The molecule has 0 heterocycles. The molecule has 0 saturated carbocycles. The molecule has 1 atom stereocenters. The first kappa shape index (κ1) is 19.8. The predicted octanol–water partition coefficient (Wildman–Crippen LogP) is 2.73. The van der Waals surface area contributed by atoms with Gasteiger partial charge in [0.2, 0.25) is 0 Å². The molecule has 1 aromatic carbocycles. The summed E-state index contributed by atoms with van der Waals surface area (Å²) in [5.74, 6) is -0.597. The summed E-state index contributed by atoms with van der Waals surface area (Å²) in [6, 6.07) is 5.77. The Morgan fingerprint density at radius 1 is 1.25 bits per heavy atom. The minimum absolute atomic E-state index is 0.430. The first-order valence-corrected chi connectivity index (χ1v) is 8.44. The van der Waals surface area contributed by atoms with Crippen molar-refractivity contribution in [3.05, 3.63) is 29.8 Å². The van der Waals surface area contributed by atoms with Crippen molar-refractivity contribution < 1.29 is 19.1 Å². The molecule has 0 aliphatic heterocycles. The van der Waals surface area contributed by atoms with Gasteiger partial charge in [-0.15, -0.1) is 0 Å². The van der Waals surface area contributed by atoms with Crippen molar-refractivity contribution in [2.75, 3.05) is 13.4 Å². The maximum atomic E-state index is 12.0. The smallest absolute Gasteiger partial charge is 0.408 e. The number of amides is 1. The molecule has 1 unspecified atom stereocenters. The van der Waals surface area contributed by atoms with Crippen molar-refractivity contribution in [2.45, 2.75) is 32.4 Å². The third-order valence-corrected chi connectivity index (χ3v) is 3.28. The minimum Gasteiger partial charge on any atom is -0.467 e. The second-order valence-electron chi connectivity index (χ2n) is 5.85. The number of carbonyl (C=O) groups is 2. The van der Waals surface area contributed by atoms with E-state index in [1.165, 1.54) is 18.9 Å². The molecule has 3 N–H and O–H groups in total. The van der Waals surface area contributed by atoms with Gasteiger partial charge in [-0.2, -0.15) is 0 Å². The molecule has 0 aliphatic rings. The van der Waals surface area contributed by atoms with E-state index in [1.54, 1.807) is 45.0 Å². The number of esters is 1. The molecular weight excluding hydrogens is 330 g/mol. The first-order chi connectivity index (χ1) is 11.2. The number of hydrogen-bond acceptors (Lipinski definition) is 6. The van der Waals surface area contributed by atoms with Gasteiger partial charge >= 0.3 is 12.1 Å². The molecule has 0 radical (unpaired) electrons. The summed E-state index contributed by atoms with van der Waals surface area (Å²) in [5, 5.41) is 2.94. The third kappa shape index (κ3) is 6.49. The molecular formula is C16H23N3O4S.